The van der Waals surface area contributed by atoms with Gasteiger partial charge in [0, 0.05) is 67.6 Å². The average molecular weight is 602 g/mol. The normalized spacial score (nSPS) is 18.5. The minimum absolute atomic E-state index is 0.00954. The molecule has 0 amide bonds. The molecule has 1 atom stereocenters. The summed E-state index contributed by atoms with van der Waals surface area (Å²) in [6.45, 7) is 7.16. The number of aromatic nitrogens is 2. The minimum atomic E-state index is -3.60. The number of nitrogens with zero attached hydrogens (tertiary/aromatic N) is 5. The van der Waals surface area contributed by atoms with Gasteiger partial charge in [0.2, 0.25) is 10.0 Å². The fourth-order valence-corrected chi connectivity index (χ4v) is 8.36. The first-order valence-electron chi connectivity index (χ1n) is 15.5. The Bertz CT molecular complexity index is 1650. The molecule has 2 fully saturated rings. The number of halogens is 1. The number of hydrogen-bond donors (Lipinski definition) is 0. The van der Waals surface area contributed by atoms with E-state index >= 15 is 0 Å². The molecular weight excluding hydrogens is 561 g/mol. The highest BCUT2D eigenvalue weighted by molar-refractivity contribution is 7.89. The van der Waals surface area contributed by atoms with Gasteiger partial charge in [-0.15, -0.1) is 0 Å². The van der Waals surface area contributed by atoms with Gasteiger partial charge in [-0.05, 0) is 86.2 Å². The van der Waals surface area contributed by atoms with Crippen molar-refractivity contribution in [1.82, 2.24) is 19.2 Å². The number of hydrogen-bond acceptors (Lipinski definition) is 6. The van der Waals surface area contributed by atoms with Crippen molar-refractivity contribution < 1.29 is 12.8 Å². The molecule has 0 radical (unpaired) electrons. The Morgan fingerprint density at radius 1 is 0.953 bits per heavy atom. The van der Waals surface area contributed by atoms with Crippen molar-refractivity contribution in [2.75, 3.05) is 44.2 Å². The number of piperazine rings is 1. The standard InChI is InChI=1S/C34H40FN5O2S/c1-2-3-7-30-23-28(26-10-12-29(35)13-11-26)24-34(37-30)39-21-19-38(20-22-39)18-15-31-8-5-17-40(31)43(41,42)33-9-4-6-27-25-36-16-14-32(27)33/h4,6,9-14,16,23-25,31H,2-3,5,7-8,15,17-22H2,1H3/t31-/m1/s1. The molecule has 226 valence electrons. The summed E-state index contributed by atoms with van der Waals surface area (Å²) in [7, 11) is -3.60. The fourth-order valence-electron chi connectivity index (χ4n) is 6.42. The third-order valence-electron chi connectivity index (χ3n) is 8.85. The predicted molar refractivity (Wildman–Crippen MR) is 170 cm³/mol. The fraction of sp³-hybridized carbons (Fsp3) is 0.412. The molecule has 2 aliphatic heterocycles. The molecule has 2 saturated heterocycles. The van der Waals surface area contributed by atoms with Gasteiger partial charge < -0.3 is 4.90 Å². The lowest BCUT2D eigenvalue weighted by Gasteiger charge is -2.36. The number of fused-ring (bicyclic) bond motifs is 1. The SMILES string of the molecule is CCCCc1cc(-c2ccc(F)cc2)cc(N2CCN(CC[C@H]3CCCN3S(=O)(=O)c3cccc4cnccc34)CC2)n1. The van der Waals surface area contributed by atoms with E-state index in [9.17, 15) is 12.8 Å². The van der Waals surface area contributed by atoms with Gasteiger partial charge in [-0.25, -0.2) is 17.8 Å². The molecule has 0 aliphatic carbocycles. The summed E-state index contributed by atoms with van der Waals surface area (Å²) < 4.78 is 42.9. The average Bonchev–Trinajstić information content (AvgIpc) is 3.53. The smallest absolute Gasteiger partial charge is 0.243 e. The molecule has 9 heteroatoms. The maximum atomic E-state index is 13.8. The first-order valence-corrected chi connectivity index (χ1v) is 16.9. The number of aryl methyl sites for hydroxylation is 1. The van der Waals surface area contributed by atoms with E-state index in [1.807, 2.05) is 18.2 Å². The van der Waals surface area contributed by atoms with Crippen molar-refractivity contribution in [3.8, 4) is 11.1 Å². The maximum absolute atomic E-state index is 13.8. The molecule has 0 saturated carbocycles. The zero-order valence-corrected chi connectivity index (χ0v) is 25.6. The van der Waals surface area contributed by atoms with E-state index in [4.69, 9.17) is 4.98 Å². The molecule has 0 unspecified atom stereocenters. The van der Waals surface area contributed by atoms with E-state index in [0.29, 0.717) is 11.4 Å². The van der Waals surface area contributed by atoms with Crippen LogP contribution in [0.25, 0.3) is 21.9 Å². The molecule has 2 aromatic carbocycles. The minimum Gasteiger partial charge on any atom is -0.354 e. The van der Waals surface area contributed by atoms with Crippen molar-refractivity contribution in [3.63, 3.8) is 0 Å². The van der Waals surface area contributed by atoms with Crippen LogP contribution < -0.4 is 4.90 Å². The summed E-state index contributed by atoms with van der Waals surface area (Å²) in [5, 5.41) is 1.57. The number of pyridine rings is 2. The molecule has 0 spiro atoms. The first-order chi connectivity index (χ1) is 20.9. The molecule has 7 nitrogen and oxygen atoms in total. The van der Waals surface area contributed by atoms with Crippen LogP contribution in [0.15, 0.2) is 78.0 Å². The van der Waals surface area contributed by atoms with Crippen molar-refractivity contribution in [2.24, 2.45) is 0 Å². The molecule has 2 aliphatic rings. The Labute approximate surface area is 254 Å². The summed E-state index contributed by atoms with van der Waals surface area (Å²) in [5.74, 6) is 0.746. The topological polar surface area (TPSA) is 69.6 Å². The van der Waals surface area contributed by atoms with Crippen molar-refractivity contribution >= 4 is 26.6 Å². The molecular formula is C34H40FN5O2S. The Kier molecular flexibility index (Phi) is 9.02. The van der Waals surface area contributed by atoms with E-state index in [-0.39, 0.29) is 11.9 Å². The second kappa shape index (κ2) is 13.1. The third-order valence-corrected chi connectivity index (χ3v) is 10.9. The monoisotopic (exact) mass is 601 g/mol. The maximum Gasteiger partial charge on any atom is 0.243 e. The summed E-state index contributed by atoms with van der Waals surface area (Å²) in [6, 6.07) is 18.2. The highest BCUT2D eigenvalue weighted by Crippen LogP contribution is 2.32. The number of sulfonamides is 1. The van der Waals surface area contributed by atoms with Crippen LogP contribution in [0.1, 0.15) is 44.7 Å². The van der Waals surface area contributed by atoms with Gasteiger partial charge in [0.25, 0.3) is 0 Å². The van der Waals surface area contributed by atoms with Gasteiger partial charge in [0.1, 0.15) is 11.6 Å². The summed E-state index contributed by atoms with van der Waals surface area (Å²) in [5.41, 5.74) is 3.15. The van der Waals surface area contributed by atoms with Crippen LogP contribution >= 0.6 is 0 Å². The number of anilines is 1. The van der Waals surface area contributed by atoms with Crippen LogP contribution in [0, 0.1) is 5.82 Å². The van der Waals surface area contributed by atoms with Gasteiger partial charge in [0.15, 0.2) is 0 Å². The lowest BCUT2D eigenvalue weighted by molar-refractivity contribution is 0.231. The van der Waals surface area contributed by atoms with Crippen molar-refractivity contribution in [1.29, 1.82) is 0 Å². The second-order valence-electron chi connectivity index (χ2n) is 11.7. The third kappa shape index (κ3) is 6.59. The largest absolute Gasteiger partial charge is 0.354 e. The summed E-state index contributed by atoms with van der Waals surface area (Å²) in [4.78, 5) is 14.3. The second-order valence-corrected chi connectivity index (χ2v) is 13.6. The van der Waals surface area contributed by atoms with Crippen LogP contribution in [0.3, 0.4) is 0 Å². The quantitative estimate of drug-likeness (QED) is 0.217. The van der Waals surface area contributed by atoms with Crippen molar-refractivity contribution in [2.45, 2.75) is 56.4 Å². The van der Waals surface area contributed by atoms with Crippen LogP contribution in [0.2, 0.25) is 0 Å². The van der Waals surface area contributed by atoms with E-state index in [1.54, 1.807) is 34.9 Å². The van der Waals surface area contributed by atoms with Crippen molar-refractivity contribution in [3.05, 3.63) is 84.6 Å². The first kappa shape index (κ1) is 29.7. The number of benzene rings is 2. The van der Waals surface area contributed by atoms with E-state index in [0.717, 1.165) is 105 Å². The lowest BCUT2D eigenvalue weighted by atomic mass is 10.0. The molecule has 6 rings (SSSR count). The van der Waals surface area contributed by atoms with Gasteiger partial charge in [-0.3, -0.25) is 9.88 Å². The zero-order valence-electron chi connectivity index (χ0n) is 24.8. The number of unbranched alkanes of at least 4 members (excludes halogenated alkanes) is 1. The van der Waals surface area contributed by atoms with E-state index in [1.165, 1.54) is 12.1 Å². The highest BCUT2D eigenvalue weighted by atomic mass is 32.2. The molecule has 4 heterocycles. The van der Waals surface area contributed by atoms with Crippen LogP contribution in [-0.2, 0) is 16.4 Å². The Balaban J connectivity index is 1.10. The number of rotatable bonds is 10. The molecule has 0 bridgehead atoms. The Hall–Kier alpha value is -3.40. The Morgan fingerprint density at radius 3 is 2.56 bits per heavy atom. The van der Waals surface area contributed by atoms with E-state index < -0.39 is 10.0 Å². The molecule has 4 aromatic rings. The van der Waals surface area contributed by atoms with Gasteiger partial charge in [0.05, 0.1) is 4.90 Å². The van der Waals surface area contributed by atoms with Gasteiger partial charge >= 0.3 is 0 Å². The molecule has 0 N–H and O–H groups in total. The van der Waals surface area contributed by atoms with Crippen LogP contribution in [0.5, 0.6) is 0 Å². The highest BCUT2D eigenvalue weighted by Gasteiger charge is 2.36. The molecule has 2 aromatic heterocycles. The van der Waals surface area contributed by atoms with E-state index in [2.05, 4.69) is 33.8 Å². The van der Waals surface area contributed by atoms with Gasteiger partial charge in [-0.2, -0.15) is 4.31 Å². The molecule has 43 heavy (non-hydrogen) atoms. The lowest BCUT2D eigenvalue weighted by Crippen LogP contribution is -2.48. The van der Waals surface area contributed by atoms with Crippen LogP contribution in [0.4, 0.5) is 10.2 Å². The van der Waals surface area contributed by atoms with Gasteiger partial charge in [-0.1, -0.05) is 37.6 Å². The zero-order chi connectivity index (χ0) is 29.8. The predicted octanol–water partition coefficient (Wildman–Crippen LogP) is 6.14. The summed E-state index contributed by atoms with van der Waals surface area (Å²) >= 11 is 0. The van der Waals surface area contributed by atoms with Crippen LogP contribution in [-0.4, -0.2) is 72.9 Å². The Morgan fingerprint density at radius 2 is 1.77 bits per heavy atom. The summed E-state index contributed by atoms with van der Waals surface area (Å²) in [6.07, 6.45) is 9.10.